The molecule has 0 aliphatic heterocycles. The Morgan fingerprint density at radius 2 is 2.16 bits per heavy atom. The molecule has 0 bridgehead atoms. The molecule has 0 saturated heterocycles. The van der Waals surface area contributed by atoms with Crippen LogP contribution < -0.4 is 16.6 Å². The van der Waals surface area contributed by atoms with Gasteiger partial charge in [-0.2, -0.15) is 0 Å². The van der Waals surface area contributed by atoms with Crippen LogP contribution in [0.2, 0.25) is 0 Å². The van der Waals surface area contributed by atoms with E-state index in [4.69, 9.17) is 5.73 Å². The second kappa shape index (κ2) is 5.86. The molecule has 0 radical (unpaired) electrons. The average molecular weight is 264 g/mol. The van der Waals surface area contributed by atoms with Crippen molar-refractivity contribution in [2.45, 2.75) is 45.1 Å². The van der Waals surface area contributed by atoms with Gasteiger partial charge in [-0.05, 0) is 25.7 Å². The van der Waals surface area contributed by atoms with Crippen LogP contribution in [0.5, 0.6) is 0 Å². The van der Waals surface area contributed by atoms with E-state index in [0.717, 1.165) is 25.7 Å². The first-order chi connectivity index (χ1) is 9.08. The van der Waals surface area contributed by atoms with Crippen molar-refractivity contribution in [3.63, 3.8) is 0 Å². The highest BCUT2D eigenvalue weighted by atomic mass is 16.1. The molecule has 19 heavy (non-hydrogen) atoms. The van der Waals surface area contributed by atoms with Crippen LogP contribution in [-0.2, 0) is 11.2 Å². The zero-order valence-electron chi connectivity index (χ0n) is 11.1. The maximum absolute atomic E-state index is 11.5. The standard InChI is InChI=1S/C13H20N4O2/c1-2-10-16-11(7-12(18)17-10)15-9-5-3-8(4-6-9)13(14)19/h7-9H,2-6H2,1H3,(H2,14,19)(H2,15,16,17,18). The lowest BCUT2D eigenvalue weighted by molar-refractivity contribution is -0.122. The summed E-state index contributed by atoms with van der Waals surface area (Å²) in [5.74, 6) is 1.08. The third-order valence-corrected chi connectivity index (χ3v) is 3.61. The summed E-state index contributed by atoms with van der Waals surface area (Å²) in [6.45, 7) is 1.94. The number of nitrogens with two attached hydrogens (primary N) is 1. The molecule has 4 N–H and O–H groups in total. The normalized spacial score (nSPS) is 23.0. The number of H-pyrrole nitrogens is 1. The van der Waals surface area contributed by atoms with Crippen molar-refractivity contribution in [3.05, 3.63) is 22.2 Å². The van der Waals surface area contributed by atoms with Crippen molar-refractivity contribution >= 4 is 11.7 Å². The van der Waals surface area contributed by atoms with Gasteiger partial charge in [-0.15, -0.1) is 0 Å². The van der Waals surface area contributed by atoms with Crippen molar-refractivity contribution in [3.8, 4) is 0 Å². The molecule has 1 aromatic heterocycles. The quantitative estimate of drug-likeness (QED) is 0.748. The molecule has 1 aliphatic carbocycles. The van der Waals surface area contributed by atoms with E-state index in [9.17, 15) is 9.59 Å². The van der Waals surface area contributed by atoms with Crippen LogP contribution in [0, 0.1) is 5.92 Å². The molecular weight excluding hydrogens is 244 g/mol. The number of nitrogens with one attached hydrogen (secondary N) is 2. The van der Waals surface area contributed by atoms with Gasteiger partial charge >= 0.3 is 0 Å². The highest BCUT2D eigenvalue weighted by Crippen LogP contribution is 2.25. The van der Waals surface area contributed by atoms with E-state index in [2.05, 4.69) is 15.3 Å². The summed E-state index contributed by atoms with van der Waals surface area (Å²) in [4.78, 5) is 29.6. The van der Waals surface area contributed by atoms with Gasteiger partial charge in [0.1, 0.15) is 11.6 Å². The van der Waals surface area contributed by atoms with E-state index >= 15 is 0 Å². The molecule has 1 amide bonds. The molecule has 6 nitrogen and oxygen atoms in total. The topological polar surface area (TPSA) is 101 Å². The van der Waals surface area contributed by atoms with Gasteiger partial charge in [-0.3, -0.25) is 9.59 Å². The molecule has 1 saturated carbocycles. The van der Waals surface area contributed by atoms with E-state index in [1.54, 1.807) is 0 Å². The number of rotatable bonds is 4. The van der Waals surface area contributed by atoms with Crippen LogP contribution in [-0.4, -0.2) is 21.9 Å². The number of aromatic nitrogens is 2. The van der Waals surface area contributed by atoms with Crippen LogP contribution in [0.15, 0.2) is 10.9 Å². The average Bonchev–Trinajstić information content (AvgIpc) is 2.38. The summed E-state index contributed by atoms with van der Waals surface area (Å²) in [6.07, 6.45) is 4.06. The number of aromatic amines is 1. The van der Waals surface area contributed by atoms with E-state index in [0.29, 0.717) is 18.1 Å². The fourth-order valence-corrected chi connectivity index (χ4v) is 2.48. The Labute approximate surface area is 111 Å². The van der Waals surface area contributed by atoms with Gasteiger partial charge in [0.05, 0.1) is 0 Å². The Morgan fingerprint density at radius 3 is 2.74 bits per heavy atom. The molecular formula is C13H20N4O2. The summed E-state index contributed by atoms with van der Waals surface area (Å²) in [7, 11) is 0. The molecule has 104 valence electrons. The fraction of sp³-hybridized carbons (Fsp3) is 0.615. The Kier molecular flexibility index (Phi) is 4.19. The van der Waals surface area contributed by atoms with Gasteiger partial charge in [0.15, 0.2) is 0 Å². The number of carbonyl (C=O) groups is 1. The number of carbonyl (C=O) groups excluding carboxylic acids is 1. The zero-order chi connectivity index (χ0) is 13.8. The lowest BCUT2D eigenvalue weighted by atomic mass is 9.85. The molecule has 6 heteroatoms. The highest BCUT2D eigenvalue weighted by molar-refractivity contribution is 5.76. The van der Waals surface area contributed by atoms with Gasteiger partial charge in [-0.25, -0.2) is 4.98 Å². The summed E-state index contributed by atoms with van der Waals surface area (Å²) in [5, 5.41) is 3.27. The Hall–Kier alpha value is -1.85. The van der Waals surface area contributed by atoms with Gasteiger partial charge < -0.3 is 16.0 Å². The smallest absolute Gasteiger partial charge is 0.252 e. The fourth-order valence-electron chi connectivity index (χ4n) is 2.48. The summed E-state index contributed by atoms with van der Waals surface area (Å²) in [6, 6.07) is 1.73. The van der Waals surface area contributed by atoms with Crippen LogP contribution in [0.1, 0.15) is 38.4 Å². The molecule has 2 rings (SSSR count). The molecule has 0 atom stereocenters. The number of hydrogen-bond acceptors (Lipinski definition) is 4. The van der Waals surface area contributed by atoms with Crippen molar-refractivity contribution in [1.29, 1.82) is 0 Å². The van der Waals surface area contributed by atoms with E-state index < -0.39 is 0 Å². The third-order valence-electron chi connectivity index (χ3n) is 3.61. The lowest BCUT2D eigenvalue weighted by Gasteiger charge is -2.27. The minimum Gasteiger partial charge on any atom is -0.369 e. The predicted molar refractivity (Wildman–Crippen MR) is 72.8 cm³/mol. The molecule has 1 fully saturated rings. The van der Waals surface area contributed by atoms with Crippen LogP contribution >= 0.6 is 0 Å². The molecule has 0 unspecified atom stereocenters. The predicted octanol–water partition coefficient (Wildman–Crippen LogP) is 0.788. The van der Waals surface area contributed by atoms with Crippen molar-refractivity contribution < 1.29 is 4.79 Å². The summed E-state index contributed by atoms with van der Waals surface area (Å²) >= 11 is 0. The number of amides is 1. The van der Waals surface area contributed by atoms with Crippen LogP contribution in [0.4, 0.5) is 5.82 Å². The molecule has 1 heterocycles. The maximum Gasteiger partial charge on any atom is 0.252 e. The second-order valence-electron chi connectivity index (χ2n) is 5.03. The van der Waals surface area contributed by atoms with Crippen LogP contribution in [0.3, 0.4) is 0 Å². The van der Waals surface area contributed by atoms with Crippen molar-refractivity contribution in [2.24, 2.45) is 11.7 Å². The minimum absolute atomic E-state index is 0.00334. The van der Waals surface area contributed by atoms with Crippen molar-refractivity contribution in [1.82, 2.24) is 9.97 Å². The molecule has 0 aromatic carbocycles. The first-order valence-electron chi connectivity index (χ1n) is 6.74. The van der Waals surface area contributed by atoms with Crippen molar-refractivity contribution in [2.75, 3.05) is 5.32 Å². The van der Waals surface area contributed by atoms with Crippen LogP contribution in [0.25, 0.3) is 0 Å². The largest absolute Gasteiger partial charge is 0.369 e. The number of primary amides is 1. The lowest BCUT2D eigenvalue weighted by Crippen LogP contribution is -2.33. The van der Waals surface area contributed by atoms with E-state index in [1.165, 1.54) is 6.07 Å². The zero-order valence-corrected chi connectivity index (χ0v) is 11.1. The Balaban J connectivity index is 1.97. The van der Waals surface area contributed by atoms with Gasteiger partial charge in [0.25, 0.3) is 5.56 Å². The molecule has 0 spiro atoms. The molecule has 1 aromatic rings. The first-order valence-corrected chi connectivity index (χ1v) is 6.74. The van der Waals surface area contributed by atoms with Gasteiger partial charge in [0, 0.05) is 24.4 Å². The summed E-state index contributed by atoms with van der Waals surface area (Å²) < 4.78 is 0. The molecule has 1 aliphatic rings. The number of anilines is 1. The van der Waals surface area contributed by atoms with Gasteiger partial charge in [-0.1, -0.05) is 6.92 Å². The number of aryl methyl sites for hydroxylation is 1. The minimum atomic E-state index is -0.207. The monoisotopic (exact) mass is 264 g/mol. The Bertz CT molecular complexity index is 504. The third kappa shape index (κ3) is 3.56. The second-order valence-corrected chi connectivity index (χ2v) is 5.03. The first kappa shape index (κ1) is 13.6. The summed E-state index contributed by atoms with van der Waals surface area (Å²) in [5.41, 5.74) is 5.17. The number of nitrogens with zero attached hydrogens (tertiary/aromatic N) is 1. The van der Waals surface area contributed by atoms with E-state index in [-0.39, 0.29) is 23.4 Å². The Morgan fingerprint density at radius 1 is 1.47 bits per heavy atom. The van der Waals surface area contributed by atoms with Gasteiger partial charge in [0.2, 0.25) is 5.91 Å². The SMILES string of the molecule is CCc1nc(NC2CCC(C(N)=O)CC2)cc(=O)[nH]1. The number of hydrogen-bond donors (Lipinski definition) is 3. The highest BCUT2D eigenvalue weighted by Gasteiger charge is 2.24. The maximum atomic E-state index is 11.5. The van der Waals surface area contributed by atoms with E-state index in [1.807, 2.05) is 6.92 Å².